The minimum atomic E-state index is -1.03. The average Bonchev–Trinajstić information content (AvgIpc) is 3.40. The molecule has 130 valence electrons. The molecule has 1 N–H and O–H groups in total. The summed E-state index contributed by atoms with van der Waals surface area (Å²) >= 11 is 0. The molecule has 1 amide bonds. The SMILES string of the molecule is CC1CCC(N(C(=O)c2cccc(OCC(=O)O)c2)C2CC2)CC1. The third-order valence-electron chi connectivity index (χ3n) is 5.00. The van der Waals surface area contributed by atoms with Crippen molar-refractivity contribution in [2.75, 3.05) is 6.61 Å². The largest absolute Gasteiger partial charge is 0.482 e. The summed E-state index contributed by atoms with van der Waals surface area (Å²) in [6, 6.07) is 7.59. The Morgan fingerprint density at radius 1 is 1.12 bits per heavy atom. The maximum absolute atomic E-state index is 13.1. The normalized spacial score (nSPS) is 23.5. The van der Waals surface area contributed by atoms with E-state index in [0.29, 0.717) is 23.4 Å². The Labute approximate surface area is 142 Å². The molecule has 2 saturated carbocycles. The van der Waals surface area contributed by atoms with Gasteiger partial charge in [-0.25, -0.2) is 4.79 Å². The van der Waals surface area contributed by atoms with Gasteiger partial charge in [-0.2, -0.15) is 0 Å². The summed E-state index contributed by atoms with van der Waals surface area (Å²) < 4.78 is 5.20. The standard InChI is InChI=1S/C19H25NO4/c1-13-5-7-15(8-6-13)20(16-9-10-16)19(23)14-3-2-4-17(11-14)24-12-18(21)22/h2-4,11,13,15-16H,5-10,12H2,1H3,(H,21,22). The lowest BCUT2D eigenvalue weighted by atomic mass is 9.86. The summed E-state index contributed by atoms with van der Waals surface area (Å²) in [5.74, 6) is 0.210. The van der Waals surface area contributed by atoms with Crippen molar-refractivity contribution in [3.05, 3.63) is 29.8 Å². The van der Waals surface area contributed by atoms with Gasteiger partial charge in [0.15, 0.2) is 6.61 Å². The van der Waals surface area contributed by atoms with Crippen molar-refractivity contribution in [2.45, 2.75) is 57.5 Å². The molecule has 1 aromatic rings. The van der Waals surface area contributed by atoms with Crippen LogP contribution in [-0.4, -0.2) is 40.6 Å². The number of aliphatic carboxylic acids is 1. The van der Waals surface area contributed by atoms with Crippen molar-refractivity contribution < 1.29 is 19.4 Å². The van der Waals surface area contributed by atoms with Crippen LogP contribution in [0, 0.1) is 5.92 Å². The number of carbonyl (C=O) groups excluding carboxylic acids is 1. The number of amides is 1. The number of benzene rings is 1. The van der Waals surface area contributed by atoms with Crippen molar-refractivity contribution >= 4 is 11.9 Å². The molecule has 3 rings (SSSR count). The first-order chi connectivity index (χ1) is 11.5. The maximum atomic E-state index is 13.1. The molecule has 1 aromatic carbocycles. The predicted molar refractivity (Wildman–Crippen MR) is 90.2 cm³/mol. The van der Waals surface area contributed by atoms with Gasteiger partial charge in [-0.05, 0) is 62.6 Å². The molecule has 0 saturated heterocycles. The summed E-state index contributed by atoms with van der Waals surface area (Å²) in [5.41, 5.74) is 0.586. The van der Waals surface area contributed by atoms with Crippen LogP contribution in [0.15, 0.2) is 24.3 Å². The Morgan fingerprint density at radius 3 is 2.33 bits per heavy atom. The number of carbonyl (C=O) groups is 2. The van der Waals surface area contributed by atoms with E-state index < -0.39 is 12.6 Å². The summed E-state index contributed by atoms with van der Waals surface area (Å²) in [7, 11) is 0. The van der Waals surface area contributed by atoms with E-state index >= 15 is 0 Å². The molecule has 24 heavy (non-hydrogen) atoms. The molecule has 2 aliphatic carbocycles. The highest BCUT2D eigenvalue weighted by molar-refractivity contribution is 5.95. The fourth-order valence-electron chi connectivity index (χ4n) is 3.52. The number of carboxylic acids is 1. The van der Waals surface area contributed by atoms with Gasteiger partial charge in [0.25, 0.3) is 5.91 Å². The summed E-state index contributed by atoms with van der Waals surface area (Å²) in [5, 5.41) is 8.71. The van der Waals surface area contributed by atoms with E-state index in [4.69, 9.17) is 9.84 Å². The van der Waals surface area contributed by atoms with E-state index in [9.17, 15) is 9.59 Å². The van der Waals surface area contributed by atoms with Crippen LogP contribution < -0.4 is 4.74 Å². The van der Waals surface area contributed by atoms with E-state index in [0.717, 1.165) is 31.6 Å². The molecule has 5 nitrogen and oxygen atoms in total. The van der Waals surface area contributed by atoms with Gasteiger partial charge in [0.1, 0.15) is 5.75 Å². The van der Waals surface area contributed by atoms with Crippen molar-refractivity contribution in [2.24, 2.45) is 5.92 Å². The van der Waals surface area contributed by atoms with E-state index in [2.05, 4.69) is 11.8 Å². The Hall–Kier alpha value is -2.04. The molecule has 5 heteroatoms. The second-order valence-electron chi connectivity index (χ2n) is 7.07. The van der Waals surface area contributed by atoms with Crippen molar-refractivity contribution in [3.8, 4) is 5.75 Å². The molecule has 0 spiro atoms. The average molecular weight is 331 g/mol. The smallest absolute Gasteiger partial charge is 0.341 e. The predicted octanol–water partition coefficient (Wildman–Crippen LogP) is 3.33. The van der Waals surface area contributed by atoms with Gasteiger partial charge in [-0.3, -0.25) is 4.79 Å². The summed E-state index contributed by atoms with van der Waals surface area (Å²) in [4.78, 5) is 25.8. The number of ether oxygens (including phenoxy) is 1. The van der Waals surface area contributed by atoms with E-state index in [1.807, 2.05) is 0 Å². The van der Waals surface area contributed by atoms with E-state index in [1.165, 1.54) is 12.8 Å². The Bertz CT molecular complexity index is 603. The van der Waals surface area contributed by atoms with E-state index in [1.54, 1.807) is 24.3 Å². The number of carboxylic acid groups (broad SMARTS) is 1. The first-order valence-electron chi connectivity index (χ1n) is 8.82. The van der Waals surface area contributed by atoms with Crippen molar-refractivity contribution in [1.29, 1.82) is 0 Å². The third kappa shape index (κ3) is 4.08. The summed E-state index contributed by atoms with van der Waals surface area (Å²) in [6.45, 7) is 1.88. The van der Waals surface area contributed by atoms with Gasteiger partial charge < -0.3 is 14.7 Å². The molecular weight excluding hydrogens is 306 g/mol. The minimum Gasteiger partial charge on any atom is -0.482 e. The Balaban J connectivity index is 1.73. The third-order valence-corrected chi connectivity index (χ3v) is 5.00. The second kappa shape index (κ2) is 7.24. The molecule has 0 aliphatic heterocycles. The monoisotopic (exact) mass is 331 g/mol. The maximum Gasteiger partial charge on any atom is 0.341 e. The lowest BCUT2D eigenvalue weighted by molar-refractivity contribution is -0.139. The van der Waals surface area contributed by atoms with Crippen LogP contribution in [-0.2, 0) is 4.79 Å². The van der Waals surface area contributed by atoms with Gasteiger partial charge in [-0.1, -0.05) is 13.0 Å². The highest BCUT2D eigenvalue weighted by atomic mass is 16.5. The van der Waals surface area contributed by atoms with Crippen molar-refractivity contribution in [1.82, 2.24) is 4.90 Å². The molecule has 0 unspecified atom stereocenters. The molecule has 0 atom stereocenters. The van der Waals surface area contributed by atoms with Crippen LogP contribution in [0.2, 0.25) is 0 Å². The zero-order valence-corrected chi connectivity index (χ0v) is 14.1. The highest BCUT2D eigenvalue weighted by Crippen LogP contribution is 2.36. The molecule has 0 bridgehead atoms. The van der Waals surface area contributed by atoms with Gasteiger partial charge in [-0.15, -0.1) is 0 Å². The van der Waals surface area contributed by atoms with Crippen LogP contribution in [0.4, 0.5) is 0 Å². The number of nitrogens with zero attached hydrogens (tertiary/aromatic N) is 1. The Morgan fingerprint density at radius 2 is 1.75 bits per heavy atom. The lowest BCUT2D eigenvalue weighted by Gasteiger charge is -2.36. The molecule has 0 radical (unpaired) electrons. The van der Waals surface area contributed by atoms with Gasteiger partial charge in [0.2, 0.25) is 0 Å². The van der Waals surface area contributed by atoms with Gasteiger partial charge >= 0.3 is 5.97 Å². The summed E-state index contributed by atoms with van der Waals surface area (Å²) in [6.07, 6.45) is 6.71. The Kier molecular flexibility index (Phi) is 5.07. The fourth-order valence-corrected chi connectivity index (χ4v) is 3.52. The van der Waals surface area contributed by atoms with Gasteiger partial charge in [0.05, 0.1) is 0 Å². The number of hydrogen-bond acceptors (Lipinski definition) is 3. The molecular formula is C19H25NO4. The molecule has 0 aromatic heterocycles. The van der Waals surface area contributed by atoms with Crippen molar-refractivity contribution in [3.63, 3.8) is 0 Å². The lowest BCUT2D eigenvalue weighted by Crippen LogP contribution is -2.43. The highest BCUT2D eigenvalue weighted by Gasteiger charge is 2.38. The zero-order valence-electron chi connectivity index (χ0n) is 14.1. The molecule has 2 fully saturated rings. The quantitative estimate of drug-likeness (QED) is 0.868. The number of rotatable bonds is 6. The fraction of sp³-hybridized carbons (Fsp3) is 0.579. The van der Waals surface area contributed by atoms with Crippen LogP contribution in [0.25, 0.3) is 0 Å². The molecule has 0 heterocycles. The van der Waals surface area contributed by atoms with Crippen LogP contribution in [0.3, 0.4) is 0 Å². The van der Waals surface area contributed by atoms with E-state index in [-0.39, 0.29) is 5.91 Å². The first-order valence-corrected chi connectivity index (χ1v) is 8.82. The first kappa shape index (κ1) is 16.8. The minimum absolute atomic E-state index is 0.0535. The van der Waals surface area contributed by atoms with Crippen LogP contribution in [0.5, 0.6) is 5.75 Å². The topological polar surface area (TPSA) is 66.8 Å². The van der Waals surface area contributed by atoms with Crippen LogP contribution in [0.1, 0.15) is 55.8 Å². The second-order valence-corrected chi connectivity index (χ2v) is 7.07. The zero-order chi connectivity index (χ0) is 17.1. The number of hydrogen-bond donors (Lipinski definition) is 1. The molecule has 2 aliphatic rings. The van der Waals surface area contributed by atoms with Gasteiger partial charge in [0, 0.05) is 17.6 Å². The van der Waals surface area contributed by atoms with Crippen LogP contribution >= 0.6 is 0 Å².